The first-order valence-electron chi connectivity index (χ1n) is 5.48. The van der Waals surface area contributed by atoms with Gasteiger partial charge in [0.1, 0.15) is 0 Å². The molecule has 4 heteroatoms. The number of carbonyl (C=O) groups excluding carboxylic acids is 1. The third-order valence-corrected chi connectivity index (χ3v) is 2.66. The summed E-state index contributed by atoms with van der Waals surface area (Å²) in [5.41, 5.74) is 0. The number of rotatable bonds is 7. The summed E-state index contributed by atoms with van der Waals surface area (Å²) in [6.45, 7) is 0.872. The van der Waals surface area contributed by atoms with Gasteiger partial charge in [0.2, 0.25) is 6.29 Å². The Kier molecular flexibility index (Phi) is 5.83. The van der Waals surface area contributed by atoms with Crippen molar-refractivity contribution >= 4 is 5.78 Å². The highest BCUT2D eigenvalue weighted by atomic mass is 16.7. The smallest absolute Gasteiger partial charge is 0.217 e. The fourth-order valence-electron chi connectivity index (χ4n) is 1.85. The Labute approximate surface area is 90.9 Å². The van der Waals surface area contributed by atoms with Gasteiger partial charge in [-0.25, -0.2) is 0 Å². The zero-order valence-electron chi connectivity index (χ0n) is 9.53. The molecule has 1 unspecified atom stereocenters. The van der Waals surface area contributed by atoms with Crippen molar-refractivity contribution in [2.45, 2.75) is 44.5 Å². The molecule has 4 nitrogen and oxygen atoms in total. The molecular weight excluding hydrogens is 196 g/mol. The minimum atomic E-state index is -0.700. The summed E-state index contributed by atoms with van der Waals surface area (Å²) in [6, 6.07) is 0. The van der Waals surface area contributed by atoms with E-state index < -0.39 is 6.29 Å². The molecule has 0 N–H and O–H groups in total. The minimum Gasteiger partial charge on any atom is -0.378 e. The number of hydrogen-bond acceptors (Lipinski definition) is 4. The van der Waals surface area contributed by atoms with Gasteiger partial charge in [0, 0.05) is 27.2 Å². The Morgan fingerprint density at radius 2 is 2.20 bits per heavy atom. The zero-order valence-corrected chi connectivity index (χ0v) is 9.53. The molecule has 1 fully saturated rings. The van der Waals surface area contributed by atoms with Gasteiger partial charge in [-0.2, -0.15) is 0 Å². The van der Waals surface area contributed by atoms with Crippen molar-refractivity contribution in [3.63, 3.8) is 0 Å². The van der Waals surface area contributed by atoms with Crippen molar-refractivity contribution in [3.05, 3.63) is 0 Å². The van der Waals surface area contributed by atoms with Crippen LogP contribution in [0.15, 0.2) is 0 Å². The van der Waals surface area contributed by atoms with E-state index in [2.05, 4.69) is 0 Å². The number of carbonyl (C=O) groups is 1. The number of ketones is 1. The molecule has 0 aromatic carbocycles. The average molecular weight is 216 g/mol. The van der Waals surface area contributed by atoms with Crippen LogP contribution in [0.4, 0.5) is 0 Å². The lowest BCUT2D eigenvalue weighted by Gasteiger charge is -2.12. The van der Waals surface area contributed by atoms with Crippen molar-refractivity contribution in [2.75, 3.05) is 20.8 Å². The van der Waals surface area contributed by atoms with Gasteiger partial charge in [-0.15, -0.1) is 0 Å². The van der Waals surface area contributed by atoms with Crippen LogP contribution in [0.2, 0.25) is 0 Å². The van der Waals surface area contributed by atoms with Crippen molar-refractivity contribution in [1.29, 1.82) is 0 Å². The molecule has 1 atom stereocenters. The molecular formula is C11H20O4. The topological polar surface area (TPSA) is 44.8 Å². The molecule has 15 heavy (non-hydrogen) atoms. The number of Topliss-reactive ketones (excluding diaryl/α,β-unsaturated/α-hetero) is 1. The van der Waals surface area contributed by atoms with E-state index in [0.29, 0.717) is 12.5 Å². The molecule has 0 bridgehead atoms. The number of methoxy groups -OCH3 is 2. The second-order valence-electron chi connectivity index (χ2n) is 3.80. The summed E-state index contributed by atoms with van der Waals surface area (Å²) in [5, 5.41) is 0. The second kappa shape index (κ2) is 6.93. The van der Waals surface area contributed by atoms with Crippen LogP contribution >= 0.6 is 0 Å². The third-order valence-electron chi connectivity index (χ3n) is 2.66. The van der Waals surface area contributed by atoms with Crippen LogP contribution in [0.1, 0.15) is 32.1 Å². The maximum Gasteiger partial charge on any atom is 0.217 e. The van der Waals surface area contributed by atoms with Crippen LogP contribution in [0, 0.1) is 0 Å². The van der Waals surface area contributed by atoms with Gasteiger partial charge < -0.3 is 14.2 Å². The molecule has 1 saturated heterocycles. The summed E-state index contributed by atoms with van der Waals surface area (Å²) in [6.07, 6.45) is 4.27. The fourth-order valence-corrected chi connectivity index (χ4v) is 1.85. The predicted octanol–water partition coefficient (Wildman–Crippen LogP) is 1.52. The Balaban J connectivity index is 2.10. The highest BCUT2D eigenvalue weighted by Gasteiger charge is 2.19. The van der Waals surface area contributed by atoms with E-state index in [-0.39, 0.29) is 5.78 Å². The van der Waals surface area contributed by atoms with Gasteiger partial charge in [-0.3, -0.25) is 4.79 Å². The SMILES string of the molecule is COC(OC)C(=O)CCCC1CCCO1. The van der Waals surface area contributed by atoms with Crippen LogP contribution in [-0.2, 0) is 19.0 Å². The van der Waals surface area contributed by atoms with Crippen LogP contribution < -0.4 is 0 Å². The van der Waals surface area contributed by atoms with Crippen LogP contribution in [0.25, 0.3) is 0 Å². The van der Waals surface area contributed by atoms with Crippen molar-refractivity contribution in [3.8, 4) is 0 Å². The standard InChI is InChI=1S/C11H20O4/c1-13-11(14-2)10(12)7-3-5-9-6-4-8-15-9/h9,11H,3-8H2,1-2H3. The van der Waals surface area contributed by atoms with Crippen LogP contribution in [0.3, 0.4) is 0 Å². The van der Waals surface area contributed by atoms with Gasteiger partial charge in [0.05, 0.1) is 6.10 Å². The first-order chi connectivity index (χ1) is 7.27. The first-order valence-corrected chi connectivity index (χ1v) is 5.48. The van der Waals surface area contributed by atoms with E-state index in [1.54, 1.807) is 0 Å². The Hall–Kier alpha value is -0.450. The highest BCUT2D eigenvalue weighted by molar-refractivity contribution is 5.81. The molecule has 0 aliphatic carbocycles. The van der Waals surface area contributed by atoms with Gasteiger partial charge in [0.25, 0.3) is 0 Å². The monoisotopic (exact) mass is 216 g/mol. The van der Waals surface area contributed by atoms with Crippen molar-refractivity contribution < 1.29 is 19.0 Å². The van der Waals surface area contributed by atoms with E-state index in [1.807, 2.05) is 0 Å². The predicted molar refractivity (Wildman–Crippen MR) is 55.6 cm³/mol. The molecule has 0 radical (unpaired) electrons. The maximum absolute atomic E-state index is 11.5. The quantitative estimate of drug-likeness (QED) is 0.605. The molecule has 0 amide bonds. The minimum absolute atomic E-state index is 0.0120. The molecule has 0 spiro atoms. The summed E-state index contributed by atoms with van der Waals surface area (Å²) in [4.78, 5) is 11.5. The second-order valence-corrected chi connectivity index (χ2v) is 3.80. The Morgan fingerprint density at radius 1 is 1.47 bits per heavy atom. The number of ether oxygens (including phenoxy) is 3. The van der Waals surface area contributed by atoms with Gasteiger partial charge >= 0.3 is 0 Å². The lowest BCUT2D eigenvalue weighted by molar-refractivity contribution is -0.156. The Bertz CT molecular complexity index is 183. The molecule has 1 aliphatic heterocycles. The molecule has 1 heterocycles. The van der Waals surface area contributed by atoms with E-state index in [1.165, 1.54) is 14.2 Å². The third kappa shape index (κ3) is 4.28. The van der Waals surface area contributed by atoms with Gasteiger partial charge in [-0.1, -0.05) is 0 Å². The molecule has 1 aliphatic rings. The first kappa shape index (κ1) is 12.6. The molecule has 88 valence electrons. The summed E-state index contributed by atoms with van der Waals surface area (Å²) in [5.74, 6) is 0.0120. The molecule has 0 aromatic rings. The van der Waals surface area contributed by atoms with Gasteiger partial charge in [0.15, 0.2) is 5.78 Å². The van der Waals surface area contributed by atoms with E-state index in [9.17, 15) is 4.79 Å². The highest BCUT2D eigenvalue weighted by Crippen LogP contribution is 2.18. The molecule has 1 rings (SSSR count). The van der Waals surface area contributed by atoms with E-state index in [0.717, 1.165) is 32.3 Å². The summed E-state index contributed by atoms with van der Waals surface area (Å²) < 4.78 is 15.2. The average Bonchev–Trinajstić information content (AvgIpc) is 2.72. The molecule has 0 saturated carbocycles. The fraction of sp³-hybridized carbons (Fsp3) is 0.909. The summed E-state index contributed by atoms with van der Waals surface area (Å²) >= 11 is 0. The van der Waals surface area contributed by atoms with E-state index in [4.69, 9.17) is 14.2 Å². The number of hydrogen-bond donors (Lipinski definition) is 0. The summed E-state index contributed by atoms with van der Waals surface area (Å²) in [7, 11) is 2.96. The van der Waals surface area contributed by atoms with Crippen LogP contribution in [-0.4, -0.2) is 39.0 Å². The van der Waals surface area contributed by atoms with Crippen LogP contribution in [0.5, 0.6) is 0 Å². The molecule has 0 aromatic heterocycles. The van der Waals surface area contributed by atoms with Crippen molar-refractivity contribution in [1.82, 2.24) is 0 Å². The zero-order chi connectivity index (χ0) is 11.1. The maximum atomic E-state index is 11.5. The lowest BCUT2D eigenvalue weighted by Crippen LogP contribution is -2.24. The van der Waals surface area contributed by atoms with Crippen molar-refractivity contribution in [2.24, 2.45) is 0 Å². The lowest BCUT2D eigenvalue weighted by atomic mass is 10.1. The normalized spacial score (nSPS) is 21.1. The largest absolute Gasteiger partial charge is 0.378 e. The van der Waals surface area contributed by atoms with Gasteiger partial charge in [-0.05, 0) is 25.7 Å². The Morgan fingerprint density at radius 3 is 2.73 bits per heavy atom. The van der Waals surface area contributed by atoms with E-state index >= 15 is 0 Å².